The first-order chi connectivity index (χ1) is 18.4. The van der Waals surface area contributed by atoms with Gasteiger partial charge in [0.25, 0.3) is 0 Å². The van der Waals surface area contributed by atoms with Gasteiger partial charge in [-0.2, -0.15) is 17.7 Å². The number of pyridine rings is 1. The number of nitrogens with zero attached hydrogens (tertiary/aromatic N) is 4. The quantitative estimate of drug-likeness (QED) is 0.210. The largest absolute Gasteiger partial charge is 0.605 e. The Kier molecular flexibility index (Phi) is 9.99. The molecule has 0 aliphatic carbocycles. The standard InChI is InChI=1S/C24H27F3N4O7S/c1-16-17(28-9-8-20(16)38-15-24(25,26)27)14-39(35)22-30(11-12-36-3)18-6-4-5-7-19(18)31(22)21(32)29(2)10-13-37-23(33)34/h4-9H,10-15H2,1-3H3/p+1/t39-/m1/s1. The Hall–Kier alpha value is -3.56. The second-order valence-electron chi connectivity index (χ2n) is 8.34. The van der Waals surface area contributed by atoms with Gasteiger partial charge in [0.1, 0.15) is 18.9 Å². The van der Waals surface area contributed by atoms with Crippen LogP contribution in [0.15, 0.2) is 41.7 Å². The van der Waals surface area contributed by atoms with Gasteiger partial charge in [-0.25, -0.2) is 9.59 Å². The number of methoxy groups -OCH3 is 1. The number of rotatable bonds is 11. The van der Waals surface area contributed by atoms with Gasteiger partial charge in [-0.05, 0) is 25.1 Å². The zero-order valence-corrected chi connectivity index (χ0v) is 22.3. The van der Waals surface area contributed by atoms with E-state index in [-0.39, 0.29) is 54.2 Å². The van der Waals surface area contributed by atoms with E-state index in [2.05, 4.69) is 9.72 Å². The Morgan fingerprint density at radius 2 is 1.95 bits per heavy atom. The molecule has 0 saturated carbocycles. The number of ether oxygens (including phenoxy) is 3. The molecule has 0 saturated heterocycles. The minimum Gasteiger partial charge on any atom is -0.605 e. The molecule has 0 aliphatic heterocycles. The summed E-state index contributed by atoms with van der Waals surface area (Å²) in [7, 11) is 2.94. The summed E-state index contributed by atoms with van der Waals surface area (Å²) in [4.78, 5) is 29.7. The maximum absolute atomic E-state index is 13.9. The lowest BCUT2D eigenvalue weighted by atomic mass is 10.2. The molecule has 0 aliphatic rings. The highest BCUT2D eigenvalue weighted by Gasteiger charge is 2.40. The van der Waals surface area contributed by atoms with Crippen molar-refractivity contribution < 1.29 is 51.2 Å². The van der Waals surface area contributed by atoms with Crippen LogP contribution in [0.25, 0.3) is 11.0 Å². The first-order valence-corrected chi connectivity index (χ1v) is 12.9. The summed E-state index contributed by atoms with van der Waals surface area (Å²) in [5.41, 5.74) is 1.56. The molecule has 0 spiro atoms. The lowest BCUT2D eigenvalue weighted by Gasteiger charge is -2.16. The van der Waals surface area contributed by atoms with Crippen LogP contribution in [0.1, 0.15) is 11.3 Å². The fourth-order valence-corrected chi connectivity index (χ4v) is 5.25. The first kappa shape index (κ1) is 30.0. The maximum Gasteiger partial charge on any atom is 0.505 e. The van der Waals surface area contributed by atoms with Crippen LogP contribution in [0.4, 0.5) is 22.8 Å². The molecular formula is C24H28F3N4O7S+. The van der Waals surface area contributed by atoms with Crippen molar-refractivity contribution in [1.29, 1.82) is 0 Å². The van der Waals surface area contributed by atoms with Crippen LogP contribution in [-0.4, -0.2) is 83.0 Å². The number of carbonyl (C=O) groups is 2. The number of likely N-dealkylation sites (N-methyl/N-ethyl adjacent to an activating group) is 1. The normalized spacial score (nSPS) is 12.4. The van der Waals surface area contributed by atoms with Gasteiger partial charge in [0.2, 0.25) is 0 Å². The predicted molar refractivity (Wildman–Crippen MR) is 132 cm³/mol. The van der Waals surface area contributed by atoms with E-state index in [4.69, 9.17) is 14.6 Å². The molecule has 212 valence electrons. The molecule has 0 bridgehead atoms. The number of fused-ring (bicyclic) bond motifs is 1. The van der Waals surface area contributed by atoms with Crippen LogP contribution in [-0.2, 0) is 32.9 Å². The molecule has 1 atom stereocenters. The zero-order chi connectivity index (χ0) is 28.7. The number of hydrogen-bond acceptors (Lipinski definition) is 7. The number of hydrogen-bond donors (Lipinski definition) is 1. The Labute approximate surface area is 224 Å². The smallest absolute Gasteiger partial charge is 0.505 e. The molecule has 2 heterocycles. The van der Waals surface area contributed by atoms with E-state index in [1.807, 2.05) is 0 Å². The zero-order valence-electron chi connectivity index (χ0n) is 21.4. The van der Waals surface area contributed by atoms with Crippen LogP contribution >= 0.6 is 0 Å². The lowest BCUT2D eigenvalue weighted by Crippen LogP contribution is -2.44. The van der Waals surface area contributed by atoms with Gasteiger partial charge in [0.05, 0.1) is 30.0 Å². The van der Waals surface area contributed by atoms with E-state index >= 15 is 0 Å². The highest BCUT2D eigenvalue weighted by atomic mass is 32.2. The molecule has 1 aromatic carbocycles. The van der Waals surface area contributed by atoms with Crippen LogP contribution in [0, 0.1) is 6.92 Å². The molecule has 3 aromatic rings. The van der Waals surface area contributed by atoms with E-state index < -0.39 is 36.1 Å². The predicted octanol–water partition coefficient (Wildman–Crippen LogP) is 3.12. The number of para-hydroxylation sites is 2. The number of alkyl halides is 3. The summed E-state index contributed by atoms with van der Waals surface area (Å²) in [6.45, 7) is 0.162. The van der Waals surface area contributed by atoms with Crippen molar-refractivity contribution >= 4 is 34.4 Å². The molecular weight excluding hydrogens is 545 g/mol. The minimum absolute atomic E-state index is 0.0450. The third kappa shape index (κ3) is 7.52. The van der Waals surface area contributed by atoms with Crippen LogP contribution in [0.5, 0.6) is 5.75 Å². The molecule has 0 radical (unpaired) electrons. The van der Waals surface area contributed by atoms with Gasteiger partial charge in [-0.1, -0.05) is 16.7 Å². The SMILES string of the molecule is COCC[n+]1c([S@+]([O-])Cc2nccc(OCC(F)(F)F)c2C)n(C(=O)N(C)CCOC(=O)O)c2ccccc21. The number of imidazole rings is 1. The summed E-state index contributed by atoms with van der Waals surface area (Å²) < 4.78 is 69.5. The van der Waals surface area contributed by atoms with E-state index in [0.29, 0.717) is 11.0 Å². The van der Waals surface area contributed by atoms with Gasteiger partial charge in [0, 0.05) is 25.9 Å². The third-order valence-corrected chi connectivity index (χ3v) is 6.99. The molecule has 39 heavy (non-hydrogen) atoms. The maximum atomic E-state index is 13.9. The van der Waals surface area contributed by atoms with Crippen molar-refractivity contribution in [2.24, 2.45) is 0 Å². The average molecular weight is 574 g/mol. The van der Waals surface area contributed by atoms with Crippen molar-refractivity contribution in [2.45, 2.75) is 30.6 Å². The average Bonchev–Trinajstić information content (AvgIpc) is 3.21. The van der Waals surface area contributed by atoms with E-state index in [9.17, 15) is 27.3 Å². The number of carboxylic acid groups (broad SMARTS) is 1. The summed E-state index contributed by atoms with van der Waals surface area (Å²) in [6.07, 6.45) is -4.75. The number of carbonyl (C=O) groups excluding carboxylic acids is 1. The number of aromatic nitrogens is 3. The Morgan fingerprint density at radius 1 is 1.23 bits per heavy atom. The summed E-state index contributed by atoms with van der Waals surface area (Å²) in [5.74, 6) is -0.270. The Morgan fingerprint density at radius 3 is 2.62 bits per heavy atom. The lowest BCUT2D eigenvalue weighted by molar-refractivity contribution is -0.711. The van der Waals surface area contributed by atoms with Gasteiger partial charge < -0.3 is 28.8 Å². The minimum atomic E-state index is -4.53. The highest BCUT2D eigenvalue weighted by molar-refractivity contribution is 7.90. The summed E-state index contributed by atoms with van der Waals surface area (Å²) in [6, 6.07) is 7.59. The van der Waals surface area contributed by atoms with Crippen molar-refractivity contribution in [3.8, 4) is 5.75 Å². The van der Waals surface area contributed by atoms with Crippen molar-refractivity contribution in [1.82, 2.24) is 14.5 Å². The molecule has 1 N–H and O–H groups in total. The number of amides is 1. The second-order valence-corrected chi connectivity index (χ2v) is 9.69. The molecule has 15 heteroatoms. The van der Waals surface area contributed by atoms with Crippen LogP contribution < -0.4 is 9.30 Å². The van der Waals surface area contributed by atoms with Crippen LogP contribution in [0.2, 0.25) is 0 Å². The number of benzene rings is 1. The molecule has 11 nitrogen and oxygen atoms in total. The molecule has 0 fully saturated rings. The van der Waals surface area contributed by atoms with E-state index in [1.54, 1.807) is 28.8 Å². The fraction of sp³-hybridized carbons (Fsp3) is 0.417. The van der Waals surface area contributed by atoms with E-state index in [0.717, 1.165) is 0 Å². The van der Waals surface area contributed by atoms with Gasteiger partial charge in [-0.3, -0.25) is 4.98 Å². The topological polar surface area (TPSA) is 130 Å². The summed E-state index contributed by atoms with van der Waals surface area (Å²) in [5, 5.41) is 8.83. The highest BCUT2D eigenvalue weighted by Crippen LogP contribution is 2.27. The number of halogens is 3. The summed E-state index contributed by atoms with van der Waals surface area (Å²) >= 11 is -1.93. The van der Waals surface area contributed by atoms with Gasteiger partial charge in [-0.15, -0.1) is 0 Å². The Balaban J connectivity index is 2.03. The van der Waals surface area contributed by atoms with Gasteiger partial charge in [0.15, 0.2) is 23.4 Å². The molecule has 1 amide bonds. The second kappa shape index (κ2) is 13.0. The fourth-order valence-electron chi connectivity index (χ4n) is 3.76. The first-order valence-electron chi connectivity index (χ1n) is 11.6. The van der Waals surface area contributed by atoms with Crippen molar-refractivity contribution in [2.75, 3.05) is 40.5 Å². The molecule has 0 unspecified atom stereocenters. The van der Waals surface area contributed by atoms with Crippen molar-refractivity contribution in [3.05, 3.63) is 47.8 Å². The van der Waals surface area contributed by atoms with Crippen LogP contribution in [0.3, 0.4) is 0 Å². The molecule has 3 rings (SSSR count). The molecule has 2 aromatic heterocycles. The third-order valence-electron chi connectivity index (χ3n) is 5.65. The van der Waals surface area contributed by atoms with Crippen molar-refractivity contribution in [3.63, 3.8) is 0 Å². The van der Waals surface area contributed by atoms with E-state index in [1.165, 1.54) is 42.8 Å². The Bertz CT molecular complexity index is 1320. The van der Waals surface area contributed by atoms with Gasteiger partial charge >= 0.3 is 23.5 Å². The monoisotopic (exact) mass is 573 g/mol.